The maximum atomic E-state index is 2.38. The molecule has 1 saturated heterocycles. The van der Waals surface area contributed by atoms with E-state index in [2.05, 4.69) is 37.3 Å². The van der Waals surface area contributed by atoms with Gasteiger partial charge in [-0.05, 0) is 11.5 Å². The van der Waals surface area contributed by atoms with Crippen LogP contribution in [0.2, 0.25) is 15.8 Å². The topological polar surface area (TPSA) is 0 Å². The van der Waals surface area contributed by atoms with Crippen LogP contribution in [0.15, 0.2) is 30.3 Å². The van der Waals surface area contributed by atoms with Crippen LogP contribution in [0.5, 0.6) is 0 Å². The van der Waals surface area contributed by atoms with Crippen LogP contribution in [-0.2, 0) is 0 Å². The minimum atomic E-state index is -0.288. The molecule has 0 aliphatic carbocycles. The second-order valence-electron chi connectivity index (χ2n) is 4.19. The third-order valence-corrected chi connectivity index (χ3v) is 6.93. The minimum Gasteiger partial charge on any atom is -0.0967 e. The Morgan fingerprint density at radius 3 is 2.69 bits per heavy atom. The molecule has 0 amide bonds. The zero-order valence-electron chi connectivity index (χ0n) is 8.37. The van der Waals surface area contributed by atoms with Crippen LogP contribution in [0.3, 0.4) is 0 Å². The summed E-state index contributed by atoms with van der Waals surface area (Å²) in [6.07, 6.45) is 1.47. The normalized spacial score (nSPS) is 22.2. The van der Waals surface area contributed by atoms with E-state index in [0.29, 0.717) is 0 Å². The molecule has 1 fully saturated rings. The highest BCUT2D eigenvalue weighted by Crippen LogP contribution is 2.36. The van der Waals surface area contributed by atoms with E-state index < -0.39 is 0 Å². The average Bonchev–Trinajstić information content (AvgIpc) is 2.67. The number of hydrogen-bond acceptors (Lipinski definition) is 0. The monoisotopic (exact) mass is 188 g/mol. The van der Waals surface area contributed by atoms with Crippen molar-refractivity contribution in [1.29, 1.82) is 0 Å². The summed E-state index contributed by atoms with van der Waals surface area (Å²) in [6.45, 7) is 2.38. The lowest BCUT2D eigenvalue weighted by Crippen LogP contribution is -2.03. The Bertz CT molecular complexity index is 255. The minimum absolute atomic E-state index is 0.288. The number of hydrogen-bond donors (Lipinski definition) is 0. The van der Waals surface area contributed by atoms with E-state index in [-0.39, 0.29) is 14.1 Å². The van der Waals surface area contributed by atoms with Crippen molar-refractivity contribution in [2.24, 2.45) is 0 Å². The smallest absolute Gasteiger partial charge is 0.0967 e. The molecule has 1 unspecified atom stereocenters. The summed E-state index contributed by atoms with van der Waals surface area (Å²) in [5, 5.41) is 4.64. The van der Waals surface area contributed by atoms with Gasteiger partial charge in [-0.25, -0.2) is 0 Å². The quantitative estimate of drug-likeness (QED) is 0.621. The Balaban J connectivity index is 2.04. The number of rotatable bonds is 2. The first-order valence-electron chi connectivity index (χ1n) is 5.45. The molecule has 1 atom stereocenters. The van der Waals surface area contributed by atoms with Gasteiger partial charge in [0, 0.05) is 0 Å². The SMILES string of the molecule is C[CH2][Al]1[CH2]CC(c2ccccc2)[CH2]1. The van der Waals surface area contributed by atoms with E-state index in [1.54, 1.807) is 16.1 Å². The van der Waals surface area contributed by atoms with Gasteiger partial charge in [-0.2, -0.15) is 0 Å². The summed E-state index contributed by atoms with van der Waals surface area (Å²) in [7, 11) is 0. The van der Waals surface area contributed by atoms with Crippen molar-refractivity contribution in [3.63, 3.8) is 0 Å². The van der Waals surface area contributed by atoms with Crippen molar-refractivity contribution in [1.82, 2.24) is 0 Å². The van der Waals surface area contributed by atoms with Crippen LogP contribution in [0.25, 0.3) is 0 Å². The summed E-state index contributed by atoms with van der Waals surface area (Å²) in [5.41, 5.74) is 1.59. The molecule has 0 aromatic heterocycles. The predicted octanol–water partition coefficient (Wildman–Crippen LogP) is 3.69. The molecular weight excluding hydrogens is 171 g/mol. The van der Waals surface area contributed by atoms with E-state index in [0.717, 1.165) is 5.92 Å². The lowest BCUT2D eigenvalue weighted by Gasteiger charge is -2.09. The summed E-state index contributed by atoms with van der Waals surface area (Å²) in [6, 6.07) is 11.1. The predicted molar refractivity (Wildman–Crippen MR) is 59.6 cm³/mol. The molecule has 0 nitrogen and oxygen atoms in total. The van der Waals surface area contributed by atoms with Gasteiger partial charge in [-0.15, -0.1) is 0 Å². The van der Waals surface area contributed by atoms with Gasteiger partial charge in [0.1, 0.15) is 0 Å². The molecular formula is C12H17Al. The Labute approximate surface area is 85.4 Å². The van der Waals surface area contributed by atoms with Gasteiger partial charge in [-0.3, -0.25) is 0 Å². The van der Waals surface area contributed by atoms with Crippen LogP contribution in [0.4, 0.5) is 0 Å². The maximum Gasteiger partial charge on any atom is 0.262 e. The summed E-state index contributed by atoms with van der Waals surface area (Å²) in [4.78, 5) is 0. The Morgan fingerprint density at radius 1 is 1.31 bits per heavy atom. The van der Waals surface area contributed by atoms with Crippen LogP contribution >= 0.6 is 0 Å². The molecule has 0 spiro atoms. The molecule has 1 heteroatoms. The molecule has 13 heavy (non-hydrogen) atoms. The Morgan fingerprint density at radius 2 is 2.08 bits per heavy atom. The maximum absolute atomic E-state index is 2.38. The zero-order chi connectivity index (χ0) is 9.10. The third kappa shape index (κ3) is 2.16. The van der Waals surface area contributed by atoms with Gasteiger partial charge in [0.05, 0.1) is 0 Å². The first kappa shape index (κ1) is 9.31. The van der Waals surface area contributed by atoms with E-state index >= 15 is 0 Å². The van der Waals surface area contributed by atoms with Gasteiger partial charge < -0.3 is 0 Å². The van der Waals surface area contributed by atoms with Crippen molar-refractivity contribution >= 4 is 14.1 Å². The van der Waals surface area contributed by atoms with E-state index in [1.165, 1.54) is 11.7 Å². The van der Waals surface area contributed by atoms with Gasteiger partial charge in [0.2, 0.25) is 0 Å². The largest absolute Gasteiger partial charge is 0.262 e. The molecule has 0 saturated carbocycles. The fraction of sp³-hybridized carbons (Fsp3) is 0.500. The first-order valence-corrected chi connectivity index (χ1v) is 7.90. The molecule has 0 bridgehead atoms. The Hall–Kier alpha value is -0.248. The highest BCUT2D eigenvalue weighted by Gasteiger charge is 2.28. The second-order valence-corrected chi connectivity index (χ2v) is 7.79. The van der Waals surface area contributed by atoms with Crippen molar-refractivity contribution in [2.75, 3.05) is 0 Å². The molecule has 1 aliphatic heterocycles. The van der Waals surface area contributed by atoms with E-state index in [4.69, 9.17) is 0 Å². The van der Waals surface area contributed by atoms with Crippen molar-refractivity contribution < 1.29 is 0 Å². The lowest BCUT2D eigenvalue weighted by molar-refractivity contribution is 0.771. The van der Waals surface area contributed by atoms with Gasteiger partial charge in [0.15, 0.2) is 0 Å². The van der Waals surface area contributed by atoms with E-state index in [1.807, 2.05) is 0 Å². The third-order valence-electron chi connectivity index (χ3n) is 3.39. The molecule has 1 aliphatic rings. The summed E-state index contributed by atoms with van der Waals surface area (Å²) < 4.78 is 0. The lowest BCUT2D eigenvalue weighted by atomic mass is 9.99. The Kier molecular flexibility index (Phi) is 3.09. The van der Waals surface area contributed by atoms with Crippen molar-refractivity contribution in [3.05, 3.63) is 35.9 Å². The molecule has 1 aromatic rings. The highest BCUT2D eigenvalue weighted by atomic mass is 27.2. The highest BCUT2D eigenvalue weighted by molar-refractivity contribution is 6.59. The van der Waals surface area contributed by atoms with Crippen LogP contribution < -0.4 is 0 Å². The first-order chi connectivity index (χ1) is 6.40. The molecule has 68 valence electrons. The summed E-state index contributed by atoms with van der Waals surface area (Å²) in [5.74, 6) is 0.915. The molecule has 0 N–H and O–H groups in total. The van der Waals surface area contributed by atoms with Crippen molar-refractivity contribution in [3.8, 4) is 0 Å². The summed E-state index contributed by atoms with van der Waals surface area (Å²) >= 11 is -0.288. The van der Waals surface area contributed by atoms with Crippen molar-refractivity contribution in [2.45, 2.75) is 35.1 Å². The van der Waals surface area contributed by atoms with E-state index in [9.17, 15) is 0 Å². The van der Waals surface area contributed by atoms with Gasteiger partial charge in [-0.1, -0.05) is 59.5 Å². The fourth-order valence-corrected chi connectivity index (χ4v) is 5.64. The average molecular weight is 188 g/mol. The molecule has 0 radical (unpaired) electrons. The van der Waals surface area contributed by atoms with Crippen LogP contribution in [-0.4, -0.2) is 14.1 Å². The fourth-order valence-electron chi connectivity index (χ4n) is 2.47. The number of benzene rings is 1. The van der Waals surface area contributed by atoms with Crippen LogP contribution in [0, 0.1) is 0 Å². The van der Waals surface area contributed by atoms with Gasteiger partial charge >= 0.3 is 0 Å². The molecule has 2 rings (SSSR count). The van der Waals surface area contributed by atoms with Crippen LogP contribution in [0.1, 0.15) is 24.8 Å². The standard InChI is InChI=1S/C10H12.C2H5.Al/c1-3-9(2)10-7-5-4-6-8-10;1-2;/h4-9H,1-3H2;1H2,2H3;. The van der Waals surface area contributed by atoms with Gasteiger partial charge in [0.25, 0.3) is 14.1 Å². The zero-order valence-corrected chi connectivity index (χ0v) is 9.52. The second kappa shape index (κ2) is 4.31. The molecule has 1 aromatic carbocycles. The molecule has 1 heterocycles.